The predicted octanol–water partition coefficient (Wildman–Crippen LogP) is 1.77. The van der Waals surface area contributed by atoms with Gasteiger partial charge in [-0.05, 0) is 24.3 Å². The number of H-pyrrole nitrogens is 1. The zero-order chi connectivity index (χ0) is 13.1. The Morgan fingerprint density at radius 3 is 2.89 bits per heavy atom. The van der Waals surface area contributed by atoms with E-state index in [1.807, 2.05) is 0 Å². The molecule has 0 unspecified atom stereocenters. The van der Waals surface area contributed by atoms with Gasteiger partial charge in [-0.2, -0.15) is 0 Å². The summed E-state index contributed by atoms with van der Waals surface area (Å²) in [6.45, 7) is 0. The lowest BCUT2D eigenvalue weighted by molar-refractivity contribution is 0.0972. The molecule has 1 heterocycles. The van der Waals surface area contributed by atoms with Crippen LogP contribution in [0.3, 0.4) is 0 Å². The third-order valence-corrected chi connectivity index (χ3v) is 2.55. The Kier molecular flexibility index (Phi) is 3.47. The van der Waals surface area contributed by atoms with Crippen molar-refractivity contribution in [2.45, 2.75) is 0 Å². The normalized spacial score (nSPS) is 11.6. The molecule has 0 radical (unpaired) electrons. The summed E-state index contributed by atoms with van der Waals surface area (Å²) < 4.78 is 13.0. The summed E-state index contributed by atoms with van der Waals surface area (Å²) in [7, 11) is 1.48. The molecular weight excluding hydrogens is 259 g/mol. The van der Waals surface area contributed by atoms with Crippen LogP contribution in [0.5, 0.6) is 0 Å². The van der Waals surface area contributed by atoms with Crippen LogP contribution in [0.4, 0.5) is 4.39 Å². The fourth-order valence-electron chi connectivity index (χ4n) is 1.52. The SMILES string of the molecule is CN=C(NCl)NC(=O)c1cc2cc(F)ccc2[nH]1. The van der Waals surface area contributed by atoms with E-state index >= 15 is 0 Å². The molecule has 3 N–H and O–H groups in total. The molecule has 0 aliphatic heterocycles. The number of guanidine groups is 1. The van der Waals surface area contributed by atoms with Gasteiger partial charge < -0.3 is 4.98 Å². The second kappa shape index (κ2) is 5.05. The molecule has 0 spiro atoms. The maximum atomic E-state index is 13.0. The Labute approximate surface area is 107 Å². The molecule has 0 saturated carbocycles. The minimum atomic E-state index is -0.416. The Balaban J connectivity index is 2.28. The molecule has 0 atom stereocenters. The molecule has 0 bridgehead atoms. The summed E-state index contributed by atoms with van der Waals surface area (Å²) in [6, 6.07) is 5.78. The molecule has 7 heteroatoms. The van der Waals surface area contributed by atoms with Gasteiger partial charge in [0.05, 0.1) is 0 Å². The van der Waals surface area contributed by atoms with Gasteiger partial charge in [0, 0.05) is 29.7 Å². The number of nitrogens with zero attached hydrogens (tertiary/aromatic N) is 1. The molecule has 0 saturated heterocycles. The average molecular weight is 269 g/mol. The van der Waals surface area contributed by atoms with Crippen molar-refractivity contribution in [1.29, 1.82) is 0 Å². The lowest BCUT2D eigenvalue weighted by Crippen LogP contribution is -2.36. The van der Waals surface area contributed by atoms with Gasteiger partial charge in [0.25, 0.3) is 5.91 Å². The summed E-state index contributed by atoms with van der Waals surface area (Å²) in [6.07, 6.45) is 0. The first-order valence-electron chi connectivity index (χ1n) is 5.07. The van der Waals surface area contributed by atoms with Crippen LogP contribution in [0.15, 0.2) is 29.3 Å². The van der Waals surface area contributed by atoms with E-state index in [0.29, 0.717) is 16.6 Å². The lowest BCUT2D eigenvalue weighted by Gasteiger charge is -2.03. The zero-order valence-corrected chi connectivity index (χ0v) is 10.2. The van der Waals surface area contributed by atoms with Crippen LogP contribution in [0.25, 0.3) is 10.9 Å². The second-order valence-electron chi connectivity index (χ2n) is 3.54. The number of aromatic amines is 1. The van der Waals surface area contributed by atoms with Crippen LogP contribution < -0.4 is 10.2 Å². The van der Waals surface area contributed by atoms with Crippen molar-refractivity contribution < 1.29 is 9.18 Å². The first-order chi connectivity index (χ1) is 8.63. The van der Waals surface area contributed by atoms with Crippen molar-refractivity contribution in [3.8, 4) is 0 Å². The summed E-state index contributed by atoms with van der Waals surface area (Å²) in [5, 5.41) is 3.07. The average Bonchev–Trinajstić information content (AvgIpc) is 2.78. The first-order valence-corrected chi connectivity index (χ1v) is 5.45. The van der Waals surface area contributed by atoms with Crippen molar-refractivity contribution in [3.05, 3.63) is 35.8 Å². The van der Waals surface area contributed by atoms with Gasteiger partial charge in [-0.15, -0.1) is 0 Å². The molecule has 0 aliphatic carbocycles. The van der Waals surface area contributed by atoms with Gasteiger partial charge in [-0.25, -0.2) is 4.39 Å². The standard InChI is InChI=1S/C11H10ClFN4O/c1-14-11(17-12)16-10(18)9-5-6-4-7(13)2-3-8(6)15-9/h2-5,15H,1H3,(H2,14,16,17,18). The van der Waals surface area contributed by atoms with Crippen LogP contribution in [0.2, 0.25) is 0 Å². The number of nitrogens with one attached hydrogen (secondary N) is 3. The summed E-state index contributed by atoms with van der Waals surface area (Å²) in [4.78, 5) is 20.6. The maximum Gasteiger partial charge on any atom is 0.274 e. The zero-order valence-electron chi connectivity index (χ0n) is 9.42. The highest BCUT2D eigenvalue weighted by molar-refractivity contribution is 6.24. The molecule has 2 aromatic rings. The number of benzene rings is 1. The molecule has 5 nitrogen and oxygen atoms in total. The molecule has 0 fully saturated rings. The highest BCUT2D eigenvalue weighted by Crippen LogP contribution is 2.16. The Morgan fingerprint density at radius 2 is 2.22 bits per heavy atom. The Bertz CT molecular complexity index is 623. The molecule has 1 aromatic carbocycles. The fourth-order valence-corrected chi connectivity index (χ4v) is 1.65. The van der Waals surface area contributed by atoms with Crippen molar-refractivity contribution in [2.75, 3.05) is 7.05 Å². The molecule has 0 aliphatic rings. The number of halogens is 2. The van der Waals surface area contributed by atoms with E-state index in [1.54, 1.807) is 12.1 Å². The molecule has 94 valence electrons. The summed E-state index contributed by atoms with van der Waals surface area (Å²) >= 11 is 5.34. The molecule has 2 rings (SSSR count). The number of amides is 1. The number of aliphatic imine (C=N–C) groups is 1. The van der Waals surface area contributed by atoms with Crippen LogP contribution in [-0.4, -0.2) is 23.9 Å². The maximum absolute atomic E-state index is 13.0. The second-order valence-corrected chi connectivity index (χ2v) is 3.72. The summed E-state index contributed by atoms with van der Waals surface area (Å²) in [5.74, 6) is -0.640. The number of hydrogen-bond donors (Lipinski definition) is 3. The van der Waals surface area contributed by atoms with Crippen LogP contribution in [-0.2, 0) is 0 Å². The lowest BCUT2D eigenvalue weighted by atomic mass is 10.2. The number of carbonyl (C=O) groups excluding carboxylic acids is 1. The molecular formula is C11H10ClFN4O. The quantitative estimate of drug-likeness (QED) is 0.419. The number of aromatic nitrogens is 1. The minimum absolute atomic E-state index is 0.131. The van der Waals surface area contributed by atoms with Gasteiger partial charge in [0.1, 0.15) is 11.5 Å². The van der Waals surface area contributed by atoms with Crippen LogP contribution >= 0.6 is 11.8 Å². The fraction of sp³-hybridized carbons (Fsp3) is 0.0909. The first kappa shape index (κ1) is 12.4. The van der Waals surface area contributed by atoms with Gasteiger partial charge in [0.2, 0.25) is 5.96 Å². The van der Waals surface area contributed by atoms with E-state index in [9.17, 15) is 9.18 Å². The van der Waals surface area contributed by atoms with Gasteiger partial charge >= 0.3 is 0 Å². The number of rotatable bonds is 1. The van der Waals surface area contributed by atoms with E-state index in [-0.39, 0.29) is 11.8 Å². The third kappa shape index (κ3) is 2.43. The smallest absolute Gasteiger partial charge is 0.274 e. The van der Waals surface area contributed by atoms with Crippen molar-refractivity contribution >= 4 is 34.5 Å². The van der Waals surface area contributed by atoms with Crippen molar-refractivity contribution in [2.24, 2.45) is 4.99 Å². The molecule has 1 aromatic heterocycles. The van der Waals surface area contributed by atoms with E-state index < -0.39 is 5.91 Å². The van der Waals surface area contributed by atoms with E-state index in [1.165, 1.54) is 19.2 Å². The molecule has 18 heavy (non-hydrogen) atoms. The van der Waals surface area contributed by atoms with Crippen molar-refractivity contribution in [3.63, 3.8) is 0 Å². The largest absolute Gasteiger partial charge is 0.351 e. The Hall–Kier alpha value is -2.08. The van der Waals surface area contributed by atoms with Crippen LogP contribution in [0, 0.1) is 5.82 Å². The van der Waals surface area contributed by atoms with Crippen molar-refractivity contribution in [1.82, 2.24) is 15.1 Å². The highest BCUT2D eigenvalue weighted by atomic mass is 35.5. The number of hydrogen-bond acceptors (Lipinski definition) is 2. The monoisotopic (exact) mass is 268 g/mol. The number of fused-ring (bicyclic) bond motifs is 1. The minimum Gasteiger partial charge on any atom is -0.351 e. The van der Waals surface area contributed by atoms with E-state index in [0.717, 1.165) is 0 Å². The van der Waals surface area contributed by atoms with Gasteiger partial charge in [0.15, 0.2) is 0 Å². The van der Waals surface area contributed by atoms with Crippen LogP contribution in [0.1, 0.15) is 10.5 Å². The third-order valence-electron chi connectivity index (χ3n) is 2.37. The highest BCUT2D eigenvalue weighted by Gasteiger charge is 2.11. The molecule has 1 amide bonds. The van der Waals surface area contributed by atoms with Gasteiger partial charge in [-0.3, -0.25) is 19.9 Å². The predicted molar refractivity (Wildman–Crippen MR) is 68.1 cm³/mol. The van der Waals surface area contributed by atoms with Gasteiger partial charge in [-0.1, -0.05) is 0 Å². The summed E-state index contributed by atoms with van der Waals surface area (Å²) in [5.41, 5.74) is 0.971. The van der Waals surface area contributed by atoms with E-state index in [2.05, 4.69) is 20.1 Å². The topological polar surface area (TPSA) is 69.3 Å². The Morgan fingerprint density at radius 1 is 1.44 bits per heavy atom. The van der Waals surface area contributed by atoms with E-state index in [4.69, 9.17) is 11.8 Å². The number of carbonyl (C=O) groups is 1.